The van der Waals surface area contributed by atoms with Crippen LogP contribution in [0.2, 0.25) is 5.02 Å². The number of rotatable bonds is 4. The van der Waals surface area contributed by atoms with Gasteiger partial charge in [0, 0.05) is 15.8 Å². The Bertz CT molecular complexity index is 492. The van der Waals surface area contributed by atoms with Crippen LogP contribution in [0.3, 0.4) is 0 Å². The molecule has 0 amide bonds. The van der Waals surface area contributed by atoms with Gasteiger partial charge in [-0.2, -0.15) is 0 Å². The molecular weight excluding hydrogens is 250 g/mol. The van der Waals surface area contributed by atoms with Gasteiger partial charge in [0.25, 0.3) is 0 Å². The first-order valence-corrected chi connectivity index (χ1v) is 6.95. The van der Waals surface area contributed by atoms with Crippen molar-refractivity contribution < 1.29 is 0 Å². The summed E-state index contributed by atoms with van der Waals surface area (Å²) in [4.78, 5) is 1.40. The van der Waals surface area contributed by atoms with E-state index in [0.717, 1.165) is 17.0 Å². The molecule has 2 aromatic rings. The Morgan fingerprint density at radius 2 is 2.06 bits per heavy atom. The fourth-order valence-corrected chi connectivity index (χ4v) is 3.24. The maximum absolute atomic E-state index is 6.23. The Balaban J connectivity index is 2.23. The molecule has 1 unspecified atom stereocenters. The molecule has 0 saturated heterocycles. The second kappa shape index (κ2) is 5.67. The van der Waals surface area contributed by atoms with E-state index < -0.39 is 0 Å². The maximum Gasteiger partial charge on any atom is 0.0441 e. The SMILES string of the molecule is Cc1ccsc1CC(CN)c1ccccc1Cl. The van der Waals surface area contributed by atoms with Crippen LogP contribution < -0.4 is 5.73 Å². The number of nitrogens with two attached hydrogens (primary N) is 1. The van der Waals surface area contributed by atoms with E-state index in [4.69, 9.17) is 17.3 Å². The summed E-state index contributed by atoms with van der Waals surface area (Å²) in [5.41, 5.74) is 8.39. The van der Waals surface area contributed by atoms with E-state index in [1.807, 2.05) is 18.2 Å². The summed E-state index contributed by atoms with van der Waals surface area (Å²) in [5.74, 6) is 0.307. The van der Waals surface area contributed by atoms with E-state index in [1.54, 1.807) is 11.3 Å². The summed E-state index contributed by atoms with van der Waals surface area (Å²) in [7, 11) is 0. The van der Waals surface area contributed by atoms with Crippen LogP contribution in [0, 0.1) is 6.92 Å². The minimum absolute atomic E-state index is 0.307. The molecular formula is C14H16ClNS. The Hall–Kier alpha value is -0.830. The average molecular weight is 266 g/mol. The van der Waals surface area contributed by atoms with Crippen LogP contribution in [0.25, 0.3) is 0 Å². The molecule has 0 radical (unpaired) electrons. The average Bonchev–Trinajstić information content (AvgIpc) is 2.73. The van der Waals surface area contributed by atoms with E-state index in [0.29, 0.717) is 12.5 Å². The highest BCUT2D eigenvalue weighted by Gasteiger charge is 2.15. The molecule has 3 heteroatoms. The van der Waals surface area contributed by atoms with Gasteiger partial charge < -0.3 is 5.73 Å². The van der Waals surface area contributed by atoms with Gasteiger partial charge >= 0.3 is 0 Å². The third kappa shape index (κ3) is 2.89. The van der Waals surface area contributed by atoms with Crippen LogP contribution in [0.4, 0.5) is 0 Å². The first kappa shape index (κ1) is 12.6. The van der Waals surface area contributed by atoms with Gasteiger partial charge in [0.15, 0.2) is 0 Å². The minimum atomic E-state index is 0.307. The standard InChI is InChI=1S/C14H16ClNS/c1-10-6-7-17-14(10)8-11(9-16)12-4-2-3-5-13(12)15/h2-7,11H,8-9,16H2,1H3. The van der Waals surface area contributed by atoms with E-state index >= 15 is 0 Å². The van der Waals surface area contributed by atoms with Gasteiger partial charge in [-0.3, -0.25) is 0 Å². The highest BCUT2D eigenvalue weighted by Crippen LogP contribution is 2.29. The number of benzene rings is 1. The van der Waals surface area contributed by atoms with E-state index in [1.165, 1.54) is 10.4 Å². The molecule has 0 aliphatic carbocycles. The normalized spacial score (nSPS) is 12.6. The lowest BCUT2D eigenvalue weighted by Gasteiger charge is -2.16. The predicted octanol–water partition coefficient (Wildman–Crippen LogP) is 3.99. The molecule has 90 valence electrons. The van der Waals surface area contributed by atoms with Crippen molar-refractivity contribution in [3.63, 3.8) is 0 Å². The Morgan fingerprint density at radius 3 is 2.65 bits per heavy atom. The summed E-state index contributed by atoms with van der Waals surface area (Å²) in [6.07, 6.45) is 0.976. The molecule has 0 aliphatic rings. The molecule has 0 bridgehead atoms. The van der Waals surface area contributed by atoms with Crippen LogP contribution in [0.1, 0.15) is 21.9 Å². The fourth-order valence-electron chi connectivity index (χ4n) is 1.96. The van der Waals surface area contributed by atoms with Crippen molar-refractivity contribution in [2.45, 2.75) is 19.3 Å². The van der Waals surface area contributed by atoms with Gasteiger partial charge in [0.2, 0.25) is 0 Å². The van der Waals surface area contributed by atoms with Crippen LogP contribution in [0.5, 0.6) is 0 Å². The highest BCUT2D eigenvalue weighted by molar-refractivity contribution is 7.10. The van der Waals surface area contributed by atoms with Crippen molar-refractivity contribution in [3.8, 4) is 0 Å². The summed E-state index contributed by atoms with van der Waals surface area (Å²) in [5, 5.41) is 2.95. The van der Waals surface area contributed by atoms with Gasteiger partial charge in [-0.25, -0.2) is 0 Å². The van der Waals surface area contributed by atoms with Crippen LogP contribution in [0.15, 0.2) is 35.7 Å². The molecule has 0 fully saturated rings. The van der Waals surface area contributed by atoms with Crippen molar-refractivity contribution in [1.82, 2.24) is 0 Å². The highest BCUT2D eigenvalue weighted by atomic mass is 35.5. The van der Waals surface area contributed by atoms with Gasteiger partial charge in [-0.05, 0) is 48.5 Å². The molecule has 0 spiro atoms. The number of thiophene rings is 1. The quantitative estimate of drug-likeness (QED) is 0.889. The lowest BCUT2D eigenvalue weighted by atomic mass is 9.94. The summed E-state index contributed by atoms with van der Waals surface area (Å²) >= 11 is 8.02. The Labute approximate surface area is 111 Å². The van der Waals surface area contributed by atoms with Crippen LogP contribution in [-0.4, -0.2) is 6.54 Å². The third-order valence-corrected chi connectivity index (χ3v) is 4.42. The summed E-state index contributed by atoms with van der Waals surface area (Å²) < 4.78 is 0. The van der Waals surface area contributed by atoms with Crippen molar-refractivity contribution in [1.29, 1.82) is 0 Å². The zero-order chi connectivity index (χ0) is 12.3. The van der Waals surface area contributed by atoms with Gasteiger partial charge in [-0.15, -0.1) is 11.3 Å². The lowest BCUT2D eigenvalue weighted by Crippen LogP contribution is -2.15. The minimum Gasteiger partial charge on any atom is -0.330 e. The monoisotopic (exact) mass is 265 g/mol. The Morgan fingerprint density at radius 1 is 1.29 bits per heavy atom. The predicted molar refractivity (Wildman–Crippen MR) is 76.0 cm³/mol. The maximum atomic E-state index is 6.23. The van der Waals surface area contributed by atoms with Crippen molar-refractivity contribution in [3.05, 3.63) is 56.7 Å². The largest absolute Gasteiger partial charge is 0.330 e. The second-order valence-corrected chi connectivity index (χ2v) is 5.59. The molecule has 1 heterocycles. The van der Waals surface area contributed by atoms with Crippen LogP contribution >= 0.6 is 22.9 Å². The second-order valence-electron chi connectivity index (χ2n) is 4.19. The lowest BCUT2D eigenvalue weighted by molar-refractivity contribution is 0.699. The molecule has 1 atom stereocenters. The van der Waals surface area contributed by atoms with Crippen LogP contribution in [-0.2, 0) is 6.42 Å². The Kier molecular flexibility index (Phi) is 4.21. The van der Waals surface area contributed by atoms with Crippen molar-refractivity contribution >= 4 is 22.9 Å². The smallest absolute Gasteiger partial charge is 0.0441 e. The van der Waals surface area contributed by atoms with Gasteiger partial charge in [0.05, 0.1) is 0 Å². The zero-order valence-electron chi connectivity index (χ0n) is 9.82. The summed E-state index contributed by atoms with van der Waals surface area (Å²) in [6, 6.07) is 10.1. The van der Waals surface area contributed by atoms with Crippen molar-refractivity contribution in [2.24, 2.45) is 5.73 Å². The molecule has 1 aromatic carbocycles. The van der Waals surface area contributed by atoms with E-state index in [9.17, 15) is 0 Å². The van der Waals surface area contributed by atoms with Gasteiger partial charge in [-0.1, -0.05) is 29.8 Å². The number of hydrogen-bond donors (Lipinski definition) is 1. The molecule has 1 nitrogen and oxygen atoms in total. The molecule has 2 rings (SSSR count). The summed E-state index contributed by atoms with van der Waals surface area (Å²) in [6.45, 7) is 2.77. The first-order chi connectivity index (χ1) is 8.22. The molecule has 2 N–H and O–H groups in total. The third-order valence-electron chi connectivity index (χ3n) is 3.03. The first-order valence-electron chi connectivity index (χ1n) is 5.70. The van der Waals surface area contributed by atoms with E-state index in [2.05, 4.69) is 24.4 Å². The fraction of sp³-hybridized carbons (Fsp3) is 0.286. The van der Waals surface area contributed by atoms with Crippen molar-refractivity contribution in [2.75, 3.05) is 6.54 Å². The zero-order valence-corrected chi connectivity index (χ0v) is 11.4. The molecule has 1 aromatic heterocycles. The number of aryl methyl sites for hydroxylation is 1. The molecule has 17 heavy (non-hydrogen) atoms. The number of halogens is 1. The molecule has 0 aliphatic heterocycles. The number of hydrogen-bond acceptors (Lipinski definition) is 2. The van der Waals surface area contributed by atoms with E-state index in [-0.39, 0.29) is 0 Å². The molecule has 0 saturated carbocycles. The topological polar surface area (TPSA) is 26.0 Å². The van der Waals surface area contributed by atoms with Gasteiger partial charge in [0.1, 0.15) is 0 Å².